The van der Waals surface area contributed by atoms with Crippen molar-refractivity contribution in [2.24, 2.45) is 0 Å². The Kier molecular flexibility index (Phi) is 5.31. The monoisotopic (exact) mass is 259 g/mol. The first-order valence-electron chi connectivity index (χ1n) is 5.08. The highest BCUT2D eigenvalue weighted by Gasteiger charge is 2.21. The molecule has 3 nitrogen and oxygen atoms in total. The Bertz CT molecular complexity index is 323. The third-order valence-corrected chi connectivity index (χ3v) is 3.70. The molecular weight excluding hydrogens is 242 g/mol. The summed E-state index contributed by atoms with van der Waals surface area (Å²) in [4.78, 5) is 12.3. The molecule has 16 heavy (non-hydrogen) atoms. The van der Waals surface area contributed by atoms with Crippen LogP contribution in [0.2, 0.25) is 0 Å². The van der Waals surface area contributed by atoms with Crippen molar-refractivity contribution in [3.05, 3.63) is 22.4 Å². The minimum absolute atomic E-state index is 0.112. The average molecular weight is 259 g/mol. The van der Waals surface area contributed by atoms with E-state index in [9.17, 15) is 9.90 Å². The normalized spacial score (nSPS) is 14.4. The van der Waals surface area contributed by atoms with Crippen LogP contribution in [0.4, 0.5) is 0 Å². The number of carbonyl (C=O) groups excluding carboxylic acids is 1. The zero-order chi connectivity index (χ0) is 12.0. The average Bonchev–Trinajstić information content (AvgIpc) is 2.77. The van der Waals surface area contributed by atoms with Crippen molar-refractivity contribution in [2.75, 3.05) is 18.6 Å². The molecule has 0 radical (unpaired) electrons. The Morgan fingerprint density at radius 3 is 3.00 bits per heavy atom. The van der Waals surface area contributed by atoms with Crippen LogP contribution >= 0.6 is 23.1 Å². The zero-order valence-electron chi connectivity index (χ0n) is 9.53. The van der Waals surface area contributed by atoms with Crippen LogP contribution in [0, 0.1) is 0 Å². The summed E-state index contributed by atoms with van der Waals surface area (Å²) in [5.74, 6) is 0.779. The molecule has 1 heterocycles. The zero-order valence-corrected chi connectivity index (χ0v) is 11.2. The Balaban J connectivity index is 2.36. The highest BCUT2D eigenvalue weighted by Crippen LogP contribution is 2.13. The number of thioether (sulfide) groups is 1. The molecule has 90 valence electrons. The van der Waals surface area contributed by atoms with Crippen molar-refractivity contribution in [2.45, 2.75) is 18.9 Å². The van der Waals surface area contributed by atoms with E-state index in [1.807, 2.05) is 17.7 Å². The third kappa shape index (κ3) is 4.55. The van der Waals surface area contributed by atoms with Crippen LogP contribution in [-0.4, -0.2) is 35.2 Å². The molecule has 0 saturated carbocycles. The SMILES string of the molecule is CSCCC(C)(O)CNC(=O)c1cccs1. The van der Waals surface area contributed by atoms with Crippen molar-refractivity contribution in [3.63, 3.8) is 0 Å². The Hall–Kier alpha value is -0.520. The topological polar surface area (TPSA) is 49.3 Å². The summed E-state index contributed by atoms with van der Waals surface area (Å²) in [5, 5.41) is 14.6. The van der Waals surface area contributed by atoms with E-state index in [0.29, 0.717) is 17.8 Å². The van der Waals surface area contributed by atoms with Gasteiger partial charge in [0.15, 0.2) is 0 Å². The van der Waals surface area contributed by atoms with Crippen LogP contribution in [0.5, 0.6) is 0 Å². The molecule has 1 amide bonds. The van der Waals surface area contributed by atoms with Gasteiger partial charge in [-0.1, -0.05) is 6.07 Å². The van der Waals surface area contributed by atoms with Gasteiger partial charge in [-0.25, -0.2) is 0 Å². The predicted octanol–water partition coefficient (Wildman–Crippen LogP) is 1.98. The van der Waals surface area contributed by atoms with Crippen molar-refractivity contribution < 1.29 is 9.90 Å². The van der Waals surface area contributed by atoms with E-state index in [0.717, 1.165) is 5.75 Å². The Morgan fingerprint density at radius 2 is 2.44 bits per heavy atom. The molecule has 0 spiro atoms. The van der Waals surface area contributed by atoms with Gasteiger partial charge < -0.3 is 10.4 Å². The van der Waals surface area contributed by atoms with Gasteiger partial charge in [0, 0.05) is 6.54 Å². The van der Waals surface area contributed by atoms with E-state index in [-0.39, 0.29) is 5.91 Å². The second kappa shape index (κ2) is 6.27. The van der Waals surface area contributed by atoms with E-state index in [1.54, 1.807) is 24.8 Å². The van der Waals surface area contributed by atoms with Crippen LogP contribution in [0.15, 0.2) is 17.5 Å². The molecule has 0 saturated heterocycles. The van der Waals surface area contributed by atoms with Crippen LogP contribution in [0.1, 0.15) is 23.0 Å². The van der Waals surface area contributed by atoms with Gasteiger partial charge in [0.2, 0.25) is 0 Å². The van der Waals surface area contributed by atoms with E-state index >= 15 is 0 Å². The summed E-state index contributed by atoms with van der Waals surface area (Å²) in [5.41, 5.74) is -0.823. The summed E-state index contributed by atoms with van der Waals surface area (Å²) < 4.78 is 0. The molecule has 0 aliphatic carbocycles. The summed E-state index contributed by atoms with van der Waals surface area (Å²) in [6.45, 7) is 2.04. The second-order valence-corrected chi connectivity index (χ2v) is 5.83. The lowest BCUT2D eigenvalue weighted by Crippen LogP contribution is -2.40. The highest BCUT2D eigenvalue weighted by atomic mass is 32.2. The number of amides is 1. The Labute approximate surface area is 104 Å². The molecule has 1 unspecified atom stereocenters. The number of nitrogens with one attached hydrogen (secondary N) is 1. The van der Waals surface area contributed by atoms with Gasteiger partial charge in [-0.15, -0.1) is 11.3 Å². The van der Waals surface area contributed by atoms with E-state index < -0.39 is 5.60 Å². The molecular formula is C11H17NO2S2. The van der Waals surface area contributed by atoms with E-state index in [2.05, 4.69) is 5.32 Å². The largest absolute Gasteiger partial charge is 0.388 e. The maximum atomic E-state index is 11.6. The minimum atomic E-state index is -0.823. The third-order valence-electron chi connectivity index (χ3n) is 2.22. The maximum Gasteiger partial charge on any atom is 0.261 e. The quantitative estimate of drug-likeness (QED) is 0.821. The number of hydrogen-bond donors (Lipinski definition) is 2. The predicted molar refractivity (Wildman–Crippen MR) is 70.3 cm³/mol. The first-order chi connectivity index (χ1) is 7.55. The second-order valence-electron chi connectivity index (χ2n) is 3.90. The van der Waals surface area contributed by atoms with Crippen molar-refractivity contribution >= 4 is 29.0 Å². The molecule has 1 aromatic rings. The maximum absolute atomic E-state index is 11.6. The summed E-state index contributed by atoms with van der Waals surface area (Å²) >= 11 is 3.09. The number of thiophene rings is 1. The molecule has 0 aliphatic rings. The number of carbonyl (C=O) groups is 1. The summed E-state index contributed by atoms with van der Waals surface area (Å²) in [6, 6.07) is 3.61. The smallest absolute Gasteiger partial charge is 0.261 e. The van der Waals surface area contributed by atoms with Crippen LogP contribution in [-0.2, 0) is 0 Å². The molecule has 0 aliphatic heterocycles. The van der Waals surface area contributed by atoms with Crippen LogP contribution in [0.3, 0.4) is 0 Å². The fourth-order valence-electron chi connectivity index (χ4n) is 1.18. The van der Waals surface area contributed by atoms with E-state index in [1.165, 1.54) is 11.3 Å². The molecule has 0 fully saturated rings. The van der Waals surface area contributed by atoms with Gasteiger partial charge in [-0.05, 0) is 36.8 Å². The molecule has 0 bridgehead atoms. The fourth-order valence-corrected chi connectivity index (χ4v) is 2.46. The lowest BCUT2D eigenvalue weighted by Gasteiger charge is -2.23. The first-order valence-corrected chi connectivity index (χ1v) is 7.35. The van der Waals surface area contributed by atoms with E-state index in [4.69, 9.17) is 0 Å². The lowest BCUT2D eigenvalue weighted by atomic mass is 10.0. The van der Waals surface area contributed by atoms with Crippen LogP contribution in [0.25, 0.3) is 0 Å². The molecule has 1 aromatic heterocycles. The number of hydrogen-bond acceptors (Lipinski definition) is 4. The molecule has 5 heteroatoms. The minimum Gasteiger partial charge on any atom is -0.388 e. The van der Waals surface area contributed by atoms with Gasteiger partial charge in [0.1, 0.15) is 0 Å². The molecule has 1 rings (SSSR count). The number of aliphatic hydroxyl groups is 1. The van der Waals surface area contributed by atoms with Crippen molar-refractivity contribution in [3.8, 4) is 0 Å². The van der Waals surface area contributed by atoms with Crippen molar-refractivity contribution in [1.29, 1.82) is 0 Å². The van der Waals surface area contributed by atoms with Crippen LogP contribution < -0.4 is 5.32 Å². The van der Waals surface area contributed by atoms with Gasteiger partial charge >= 0.3 is 0 Å². The van der Waals surface area contributed by atoms with Gasteiger partial charge in [-0.2, -0.15) is 11.8 Å². The molecule has 0 aromatic carbocycles. The van der Waals surface area contributed by atoms with Gasteiger partial charge in [-0.3, -0.25) is 4.79 Å². The number of rotatable bonds is 6. The van der Waals surface area contributed by atoms with Gasteiger partial charge in [0.25, 0.3) is 5.91 Å². The highest BCUT2D eigenvalue weighted by molar-refractivity contribution is 7.98. The lowest BCUT2D eigenvalue weighted by molar-refractivity contribution is 0.0529. The summed E-state index contributed by atoms with van der Waals surface area (Å²) in [6.07, 6.45) is 2.68. The Morgan fingerprint density at radius 1 is 1.69 bits per heavy atom. The first kappa shape index (κ1) is 13.5. The van der Waals surface area contributed by atoms with Crippen molar-refractivity contribution in [1.82, 2.24) is 5.32 Å². The summed E-state index contributed by atoms with van der Waals surface area (Å²) in [7, 11) is 0. The fraction of sp³-hybridized carbons (Fsp3) is 0.545. The standard InChI is InChI=1S/C11H17NO2S2/c1-11(14,5-7-15-2)8-12-10(13)9-4-3-6-16-9/h3-4,6,14H,5,7-8H2,1-2H3,(H,12,13). The molecule has 1 atom stereocenters. The van der Waals surface area contributed by atoms with Gasteiger partial charge in [0.05, 0.1) is 10.5 Å². The molecule has 2 N–H and O–H groups in total.